The second-order valence-corrected chi connectivity index (χ2v) is 5.93. The summed E-state index contributed by atoms with van der Waals surface area (Å²) < 4.78 is 0.139. The van der Waals surface area contributed by atoms with Gasteiger partial charge in [-0.25, -0.2) is 14.3 Å². The maximum absolute atomic E-state index is 11.1. The van der Waals surface area contributed by atoms with Crippen LogP contribution in [-0.2, 0) is 4.79 Å². The molecule has 0 amide bonds. The molecular formula is C17H30N3O2+. The molecule has 2 unspecified atom stereocenters. The van der Waals surface area contributed by atoms with Crippen LogP contribution in [0.3, 0.4) is 0 Å². The maximum Gasteiger partial charge on any atom is 0.360 e. The third kappa shape index (κ3) is 5.39. The van der Waals surface area contributed by atoms with Crippen molar-refractivity contribution in [2.24, 2.45) is 10.7 Å². The van der Waals surface area contributed by atoms with Crippen LogP contribution in [0.5, 0.6) is 0 Å². The van der Waals surface area contributed by atoms with E-state index in [9.17, 15) is 4.79 Å². The number of carboxylic acid groups (broad SMARTS) is 1. The highest BCUT2D eigenvalue weighted by Crippen LogP contribution is 2.22. The summed E-state index contributed by atoms with van der Waals surface area (Å²) in [5.41, 5.74) is 6.03. The Labute approximate surface area is 133 Å². The van der Waals surface area contributed by atoms with E-state index in [0.29, 0.717) is 0 Å². The second kappa shape index (κ2) is 9.54. The molecule has 0 bridgehead atoms. The first kappa shape index (κ1) is 18.6. The molecule has 1 rings (SSSR count). The van der Waals surface area contributed by atoms with Crippen molar-refractivity contribution in [3.63, 3.8) is 0 Å². The SMILES string of the molecule is CCCCCC/C=C/CCC1=NC=C[N+]1(CC(=O)O)C(C)N. The van der Waals surface area contributed by atoms with E-state index in [-0.39, 0.29) is 17.2 Å². The minimum atomic E-state index is -0.858. The van der Waals surface area contributed by atoms with E-state index in [1.807, 2.05) is 6.92 Å². The number of unbranched alkanes of at least 4 members (excludes halogenated alkanes) is 4. The van der Waals surface area contributed by atoms with Crippen LogP contribution >= 0.6 is 0 Å². The van der Waals surface area contributed by atoms with Crippen molar-refractivity contribution in [1.82, 2.24) is 0 Å². The first-order valence-electron chi connectivity index (χ1n) is 8.27. The zero-order valence-corrected chi connectivity index (χ0v) is 13.9. The monoisotopic (exact) mass is 308 g/mol. The van der Waals surface area contributed by atoms with Crippen molar-refractivity contribution >= 4 is 11.8 Å². The summed E-state index contributed by atoms with van der Waals surface area (Å²) in [5, 5.41) is 9.14. The summed E-state index contributed by atoms with van der Waals surface area (Å²) in [6, 6.07) is 0. The Balaban J connectivity index is 2.44. The summed E-state index contributed by atoms with van der Waals surface area (Å²) in [6.07, 6.45) is 15.4. The lowest BCUT2D eigenvalue weighted by Gasteiger charge is -2.34. The minimum absolute atomic E-state index is 0.0479. The summed E-state index contributed by atoms with van der Waals surface area (Å²) in [5.74, 6) is -0.0175. The highest BCUT2D eigenvalue weighted by Gasteiger charge is 2.40. The number of allylic oxidation sites excluding steroid dienone is 2. The van der Waals surface area contributed by atoms with Gasteiger partial charge in [0, 0.05) is 13.3 Å². The first-order chi connectivity index (χ1) is 10.5. The fraction of sp³-hybridized carbons (Fsp3) is 0.647. The van der Waals surface area contributed by atoms with Gasteiger partial charge in [0.05, 0.1) is 6.20 Å². The number of nitrogens with zero attached hydrogens (tertiary/aromatic N) is 2. The normalized spacial score (nSPS) is 22.2. The van der Waals surface area contributed by atoms with E-state index in [1.165, 1.54) is 25.7 Å². The Morgan fingerprint density at radius 3 is 2.73 bits per heavy atom. The Hall–Kier alpha value is -1.46. The molecule has 3 N–H and O–H groups in total. The molecule has 124 valence electrons. The minimum Gasteiger partial charge on any atom is -0.477 e. The van der Waals surface area contributed by atoms with Gasteiger partial charge in [-0.3, -0.25) is 5.73 Å². The third-order valence-electron chi connectivity index (χ3n) is 4.09. The van der Waals surface area contributed by atoms with Gasteiger partial charge in [-0.05, 0) is 19.3 Å². The third-order valence-corrected chi connectivity index (χ3v) is 4.09. The fourth-order valence-electron chi connectivity index (χ4n) is 2.72. The molecular weight excluding hydrogens is 278 g/mol. The van der Waals surface area contributed by atoms with E-state index in [0.717, 1.165) is 25.1 Å². The van der Waals surface area contributed by atoms with Gasteiger partial charge in [-0.2, -0.15) is 0 Å². The van der Waals surface area contributed by atoms with Crippen molar-refractivity contribution in [2.45, 2.75) is 65.0 Å². The van der Waals surface area contributed by atoms with Gasteiger partial charge >= 0.3 is 5.97 Å². The van der Waals surface area contributed by atoms with E-state index in [4.69, 9.17) is 10.8 Å². The van der Waals surface area contributed by atoms with E-state index < -0.39 is 5.97 Å². The van der Waals surface area contributed by atoms with Gasteiger partial charge in [0.25, 0.3) is 0 Å². The van der Waals surface area contributed by atoms with Crippen molar-refractivity contribution in [2.75, 3.05) is 6.54 Å². The number of hydrogen-bond acceptors (Lipinski definition) is 3. The molecule has 0 aromatic carbocycles. The number of rotatable bonds is 11. The molecule has 0 saturated heterocycles. The number of aliphatic imine (C=N–C) groups is 1. The van der Waals surface area contributed by atoms with Crippen LogP contribution in [0.15, 0.2) is 29.5 Å². The maximum atomic E-state index is 11.1. The first-order valence-corrected chi connectivity index (χ1v) is 8.27. The van der Waals surface area contributed by atoms with E-state index in [1.54, 1.807) is 12.4 Å². The van der Waals surface area contributed by atoms with Crippen molar-refractivity contribution in [3.8, 4) is 0 Å². The highest BCUT2D eigenvalue weighted by molar-refractivity contribution is 5.81. The molecule has 5 nitrogen and oxygen atoms in total. The number of nitrogens with two attached hydrogens (primary N) is 1. The molecule has 0 fully saturated rings. The molecule has 5 heteroatoms. The van der Waals surface area contributed by atoms with Crippen LogP contribution in [-0.4, -0.2) is 34.1 Å². The second-order valence-electron chi connectivity index (χ2n) is 5.93. The van der Waals surface area contributed by atoms with Crippen molar-refractivity contribution in [1.29, 1.82) is 0 Å². The standard InChI is InChI=1S/C17H29N3O2/c1-3-4-5-6-7-8-9-10-11-16-19-12-13-20(16,15(2)18)14-17(21)22/h8-9,12-13,15H,3-7,10-11,14,18H2,1-2H3/p+1/b9-8+. The van der Waals surface area contributed by atoms with Crippen LogP contribution < -0.4 is 5.73 Å². The van der Waals surface area contributed by atoms with Crippen LogP contribution in [0.2, 0.25) is 0 Å². The van der Waals surface area contributed by atoms with Crippen molar-refractivity contribution in [3.05, 3.63) is 24.6 Å². The Morgan fingerprint density at radius 1 is 1.36 bits per heavy atom. The lowest BCUT2D eigenvalue weighted by molar-refractivity contribution is -0.805. The molecule has 1 aliphatic heterocycles. The zero-order chi connectivity index (χ0) is 16.4. The molecule has 2 atom stereocenters. The Bertz CT molecular complexity index is 441. The van der Waals surface area contributed by atoms with Gasteiger partial charge in [0.1, 0.15) is 12.4 Å². The summed E-state index contributed by atoms with van der Waals surface area (Å²) in [7, 11) is 0. The largest absolute Gasteiger partial charge is 0.477 e. The average Bonchev–Trinajstić information content (AvgIpc) is 2.85. The number of carboxylic acids is 1. The van der Waals surface area contributed by atoms with E-state index >= 15 is 0 Å². The number of aliphatic carboxylic acids is 1. The topological polar surface area (TPSA) is 75.7 Å². The lowest BCUT2D eigenvalue weighted by Crippen LogP contribution is -2.59. The number of amidine groups is 1. The molecule has 1 heterocycles. The molecule has 0 saturated carbocycles. The predicted octanol–water partition coefficient (Wildman–Crippen LogP) is 3.38. The van der Waals surface area contributed by atoms with Crippen LogP contribution in [0.4, 0.5) is 0 Å². The van der Waals surface area contributed by atoms with Crippen LogP contribution in [0.25, 0.3) is 0 Å². The van der Waals surface area contributed by atoms with Gasteiger partial charge in [-0.15, -0.1) is 0 Å². The molecule has 0 radical (unpaired) electrons. The lowest BCUT2D eigenvalue weighted by atomic mass is 10.1. The van der Waals surface area contributed by atoms with Gasteiger partial charge < -0.3 is 5.11 Å². The fourth-order valence-corrected chi connectivity index (χ4v) is 2.72. The van der Waals surface area contributed by atoms with Gasteiger partial charge in [0.15, 0.2) is 6.54 Å². The van der Waals surface area contributed by atoms with Gasteiger partial charge in [0.2, 0.25) is 5.84 Å². The van der Waals surface area contributed by atoms with E-state index in [2.05, 4.69) is 24.1 Å². The van der Waals surface area contributed by atoms with Crippen LogP contribution in [0.1, 0.15) is 58.8 Å². The molecule has 0 aliphatic carbocycles. The van der Waals surface area contributed by atoms with Gasteiger partial charge in [-0.1, -0.05) is 38.3 Å². The number of carbonyl (C=O) groups is 1. The highest BCUT2D eigenvalue weighted by atomic mass is 16.4. The smallest absolute Gasteiger partial charge is 0.360 e. The summed E-state index contributed by atoms with van der Waals surface area (Å²) in [4.78, 5) is 15.5. The summed E-state index contributed by atoms with van der Waals surface area (Å²) in [6.45, 7) is 4.00. The quantitative estimate of drug-likeness (QED) is 0.349. The van der Waals surface area contributed by atoms with Crippen LogP contribution in [0, 0.1) is 0 Å². The molecule has 0 aromatic heterocycles. The predicted molar refractivity (Wildman–Crippen MR) is 90.1 cm³/mol. The molecule has 0 spiro atoms. The average molecular weight is 308 g/mol. The number of hydrogen-bond donors (Lipinski definition) is 2. The van der Waals surface area contributed by atoms with Crippen molar-refractivity contribution < 1.29 is 14.4 Å². The molecule has 1 aliphatic rings. The Kier molecular flexibility index (Phi) is 8.06. The molecule has 0 aromatic rings. The Morgan fingerprint density at radius 2 is 2.09 bits per heavy atom. The zero-order valence-electron chi connectivity index (χ0n) is 13.9. The summed E-state index contributed by atoms with van der Waals surface area (Å²) >= 11 is 0. The molecule has 22 heavy (non-hydrogen) atoms. The number of quaternary nitrogens is 1.